The maximum atomic E-state index is 14.2. The average Bonchev–Trinajstić information content (AvgIpc) is 3.75. The first-order valence-corrected chi connectivity index (χ1v) is 19.5. The van der Waals surface area contributed by atoms with E-state index in [1.54, 1.807) is 24.0 Å². The molecule has 6 rings (SSSR count). The Labute approximate surface area is 331 Å². The molecule has 4 aromatic rings. The Morgan fingerprint density at radius 1 is 0.712 bits per heavy atom. The van der Waals surface area contributed by atoms with E-state index >= 15 is 0 Å². The number of aromatic nitrogens is 4. The highest BCUT2D eigenvalue weighted by molar-refractivity contribution is 14.1. The molecule has 0 unspecified atom stereocenters. The summed E-state index contributed by atoms with van der Waals surface area (Å²) in [7, 11) is 3.28. The first-order valence-electron chi connectivity index (χ1n) is 17.3. The highest BCUT2D eigenvalue weighted by Crippen LogP contribution is 2.46. The van der Waals surface area contributed by atoms with Gasteiger partial charge in [0.05, 0.1) is 38.1 Å². The number of ether oxygens (including phenoxy) is 2. The van der Waals surface area contributed by atoms with Crippen molar-refractivity contribution in [1.82, 2.24) is 40.0 Å². The number of ketones is 1. The fraction of sp³-hybridized carbons (Fsp3) is 0.432. The number of carbonyl (C=O) groups is 3. The Hall–Kier alpha value is -3.87. The summed E-state index contributed by atoms with van der Waals surface area (Å²) in [5.74, 6) is 1.65. The molecule has 2 aliphatic rings. The number of rotatable bonds is 12. The van der Waals surface area contributed by atoms with Crippen LogP contribution in [0.3, 0.4) is 0 Å². The van der Waals surface area contributed by atoms with Gasteiger partial charge < -0.3 is 29.9 Å². The van der Waals surface area contributed by atoms with Gasteiger partial charge in [0.15, 0.2) is 5.78 Å². The van der Waals surface area contributed by atoms with Gasteiger partial charge in [0.1, 0.15) is 18.9 Å². The minimum Gasteiger partial charge on any atom is -0.496 e. The van der Waals surface area contributed by atoms with Crippen molar-refractivity contribution in [1.29, 1.82) is 0 Å². The quantitative estimate of drug-likeness (QED) is 0.179. The summed E-state index contributed by atoms with van der Waals surface area (Å²) in [6, 6.07) is 15.2. The summed E-state index contributed by atoms with van der Waals surface area (Å²) in [4.78, 5) is 45.2. The van der Waals surface area contributed by atoms with Gasteiger partial charge in [0, 0.05) is 62.8 Å². The number of amides is 4. The molecule has 0 radical (unpaired) electrons. The van der Waals surface area contributed by atoms with Gasteiger partial charge >= 0.3 is 12.1 Å². The molecule has 15 heteroatoms. The van der Waals surface area contributed by atoms with Crippen molar-refractivity contribution in [3.63, 3.8) is 0 Å². The third-order valence-electron chi connectivity index (χ3n) is 10.3. The zero-order valence-corrected chi connectivity index (χ0v) is 34.1. The first-order chi connectivity index (χ1) is 25.0. The Morgan fingerprint density at radius 3 is 1.44 bits per heavy atom. The fourth-order valence-electron chi connectivity index (χ4n) is 7.49. The molecule has 0 saturated carbocycles. The summed E-state index contributed by atoms with van der Waals surface area (Å²) < 4.78 is 16.7. The summed E-state index contributed by atoms with van der Waals surface area (Å²) in [6.45, 7) is 6.66. The molecule has 2 aromatic heterocycles. The van der Waals surface area contributed by atoms with Crippen molar-refractivity contribution in [2.24, 2.45) is 10.8 Å². The number of carbonyl (C=O) groups excluding carboxylic acids is 3. The van der Waals surface area contributed by atoms with Crippen LogP contribution in [0.15, 0.2) is 60.9 Å². The summed E-state index contributed by atoms with van der Waals surface area (Å²) in [5.41, 5.74) is 2.05. The van der Waals surface area contributed by atoms with E-state index in [4.69, 9.17) is 9.47 Å². The van der Waals surface area contributed by atoms with Crippen LogP contribution in [0.4, 0.5) is 9.59 Å². The van der Waals surface area contributed by atoms with E-state index in [0.29, 0.717) is 39.0 Å². The maximum Gasteiger partial charge on any atom is 0.317 e. The first kappa shape index (κ1) is 37.9. The summed E-state index contributed by atoms with van der Waals surface area (Å²) in [6.07, 6.45) is 4.88. The highest BCUT2D eigenvalue weighted by atomic mass is 127. The molecule has 2 N–H and O–H groups in total. The number of Topliss-reactive ketones (excluding diaryl/α,β-unsaturated/α-hetero) is 1. The number of likely N-dealkylation sites (tertiary alicyclic amines) is 2. The predicted molar refractivity (Wildman–Crippen MR) is 212 cm³/mol. The third kappa shape index (κ3) is 8.04. The molecule has 2 saturated heterocycles. The van der Waals surface area contributed by atoms with Crippen LogP contribution in [0.5, 0.6) is 11.5 Å². The van der Waals surface area contributed by atoms with Gasteiger partial charge in [-0.2, -0.15) is 10.2 Å². The SMILES string of the molecule is CCC12CN(C(=O)NCc3ccc(OC)c(Cn4ccc(I)n4)c3)CC(CC)(CN(C(=O)NCc3ccc(OC)c(Cn4ccc(I)n4)c3)C1)C2=O. The van der Waals surface area contributed by atoms with E-state index in [0.717, 1.165) is 41.2 Å². The molecule has 2 bridgehead atoms. The van der Waals surface area contributed by atoms with Crippen LogP contribution < -0.4 is 20.1 Å². The van der Waals surface area contributed by atoms with E-state index in [2.05, 4.69) is 66.0 Å². The number of hydrogen-bond acceptors (Lipinski definition) is 7. The molecule has 0 aliphatic carbocycles. The van der Waals surface area contributed by atoms with Gasteiger partial charge in [-0.25, -0.2) is 9.59 Å². The standard InChI is InChI=1S/C37H44I2N8O5/c1-5-36-21-44(34(49)40-17-25-7-9-29(51-3)27(15-25)19-46-13-11-31(38)42-46)23-37(6-2,33(36)48)24-45(22-36)35(50)41-18-26-8-10-30(52-4)28(16-26)20-47-14-12-32(39)43-47/h7-16H,5-6,17-24H2,1-4H3,(H,40,49)(H,41,50). The second-order valence-electron chi connectivity index (χ2n) is 13.6. The van der Waals surface area contributed by atoms with E-state index in [1.807, 2.05) is 84.1 Å². The van der Waals surface area contributed by atoms with Crippen molar-refractivity contribution in [2.45, 2.75) is 52.9 Å². The minimum absolute atomic E-state index is 0.152. The number of piperidine rings is 2. The van der Waals surface area contributed by atoms with Crippen LogP contribution in [-0.2, 0) is 31.0 Å². The zero-order valence-electron chi connectivity index (χ0n) is 29.8. The van der Waals surface area contributed by atoms with Crippen molar-refractivity contribution in [3.05, 3.63) is 90.6 Å². The smallest absolute Gasteiger partial charge is 0.317 e. The lowest BCUT2D eigenvalue weighted by Crippen LogP contribution is -2.72. The lowest BCUT2D eigenvalue weighted by atomic mass is 9.60. The third-order valence-corrected chi connectivity index (χ3v) is 11.5. The van der Waals surface area contributed by atoms with Crippen molar-refractivity contribution in [3.8, 4) is 11.5 Å². The number of nitrogens with zero attached hydrogens (tertiary/aromatic N) is 6. The van der Waals surface area contributed by atoms with E-state index in [1.165, 1.54) is 0 Å². The summed E-state index contributed by atoms with van der Waals surface area (Å²) >= 11 is 4.36. The predicted octanol–water partition coefficient (Wildman–Crippen LogP) is 5.52. The molecular formula is C37H44I2N8O5. The van der Waals surface area contributed by atoms with Gasteiger partial charge in [-0.3, -0.25) is 14.2 Å². The zero-order chi connectivity index (χ0) is 37.0. The van der Waals surface area contributed by atoms with E-state index in [-0.39, 0.29) is 44.0 Å². The van der Waals surface area contributed by atoms with Gasteiger partial charge in [-0.1, -0.05) is 26.0 Å². The Bertz CT molecular complexity index is 1800. The second-order valence-corrected chi connectivity index (χ2v) is 15.8. The Balaban J connectivity index is 1.11. The second kappa shape index (κ2) is 16.0. The molecule has 13 nitrogen and oxygen atoms in total. The molecule has 2 fully saturated rings. The number of fused-ring (bicyclic) bond motifs is 2. The van der Waals surface area contributed by atoms with E-state index in [9.17, 15) is 14.4 Å². The number of hydrogen-bond donors (Lipinski definition) is 2. The molecular weight excluding hydrogens is 890 g/mol. The van der Waals surface area contributed by atoms with Crippen LogP contribution in [0, 0.1) is 18.2 Å². The molecule has 52 heavy (non-hydrogen) atoms. The van der Waals surface area contributed by atoms with Gasteiger partial charge in [0.25, 0.3) is 0 Å². The molecule has 2 aliphatic heterocycles. The van der Waals surface area contributed by atoms with Crippen LogP contribution in [0.25, 0.3) is 0 Å². The largest absolute Gasteiger partial charge is 0.496 e. The number of nitrogens with one attached hydrogen (secondary N) is 2. The lowest BCUT2D eigenvalue weighted by molar-refractivity contribution is -0.156. The fourth-order valence-corrected chi connectivity index (χ4v) is 8.36. The van der Waals surface area contributed by atoms with Gasteiger partial charge in [-0.05, 0) is 106 Å². The molecule has 4 heterocycles. The lowest BCUT2D eigenvalue weighted by Gasteiger charge is -2.56. The number of methoxy groups -OCH3 is 2. The molecule has 276 valence electrons. The van der Waals surface area contributed by atoms with Crippen molar-refractivity contribution in [2.75, 3.05) is 40.4 Å². The Kier molecular flexibility index (Phi) is 11.7. The Morgan fingerprint density at radius 2 is 1.12 bits per heavy atom. The normalized spacial score (nSPS) is 19.8. The van der Waals surface area contributed by atoms with Crippen LogP contribution in [-0.4, -0.2) is 87.6 Å². The van der Waals surface area contributed by atoms with Crippen molar-refractivity contribution >= 4 is 63.0 Å². The van der Waals surface area contributed by atoms with Gasteiger partial charge in [0.2, 0.25) is 0 Å². The molecule has 2 aromatic carbocycles. The highest BCUT2D eigenvalue weighted by Gasteiger charge is 2.60. The van der Waals surface area contributed by atoms with Crippen molar-refractivity contribution < 1.29 is 23.9 Å². The topological polar surface area (TPSA) is 136 Å². The number of halogens is 2. The van der Waals surface area contributed by atoms with Gasteiger partial charge in [-0.15, -0.1) is 0 Å². The number of urea groups is 2. The van der Waals surface area contributed by atoms with Crippen LogP contribution in [0.1, 0.15) is 48.9 Å². The van der Waals surface area contributed by atoms with Crippen LogP contribution >= 0.6 is 45.2 Å². The number of benzene rings is 2. The van der Waals surface area contributed by atoms with E-state index < -0.39 is 10.8 Å². The average molecular weight is 935 g/mol. The maximum absolute atomic E-state index is 14.2. The molecule has 4 amide bonds. The minimum atomic E-state index is -0.857. The molecule has 0 atom stereocenters. The molecule has 0 spiro atoms. The monoisotopic (exact) mass is 934 g/mol. The van der Waals surface area contributed by atoms with Crippen LogP contribution in [0.2, 0.25) is 0 Å². The summed E-state index contributed by atoms with van der Waals surface area (Å²) in [5, 5.41) is 15.1.